The summed E-state index contributed by atoms with van der Waals surface area (Å²) in [7, 11) is 0. The Balaban J connectivity index is 2.27. The second-order valence-corrected chi connectivity index (χ2v) is 6.89. The van der Waals surface area contributed by atoms with Crippen LogP contribution < -0.4 is 10.1 Å². The maximum absolute atomic E-state index is 12.7. The van der Waals surface area contributed by atoms with Gasteiger partial charge in [0.1, 0.15) is 0 Å². The molecular formula is C19H24N2O3. The van der Waals surface area contributed by atoms with Gasteiger partial charge in [-0.15, -0.1) is 0 Å². The molecule has 24 heavy (non-hydrogen) atoms. The molecule has 0 radical (unpaired) electrons. The van der Waals surface area contributed by atoms with Crippen molar-refractivity contribution in [3.63, 3.8) is 0 Å². The van der Waals surface area contributed by atoms with Crippen molar-refractivity contribution in [1.82, 2.24) is 10.3 Å². The van der Waals surface area contributed by atoms with Crippen molar-refractivity contribution in [3.05, 3.63) is 47.3 Å². The molecule has 1 aromatic heterocycles. The molecule has 0 saturated carbocycles. The number of hydrogen-bond donors (Lipinski definition) is 1. The Morgan fingerprint density at radius 2 is 2.04 bits per heavy atom. The zero-order chi connectivity index (χ0) is 17.9. The topological polar surface area (TPSA) is 68.3 Å². The number of hydrogen-bond acceptors (Lipinski definition) is 4. The predicted octanol–water partition coefficient (Wildman–Crippen LogP) is 3.35. The molecular weight excluding hydrogens is 304 g/mol. The minimum absolute atomic E-state index is 0.0229. The lowest BCUT2D eigenvalue weighted by Crippen LogP contribution is -2.38. The van der Waals surface area contributed by atoms with Crippen molar-refractivity contribution in [1.29, 1.82) is 0 Å². The summed E-state index contributed by atoms with van der Waals surface area (Å²) >= 11 is 0. The van der Waals surface area contributed by atoms with Gasteiger partial charge in [0.2, 0.25) is 0 Å². The zero-order valence-corrected chi connectivity index (χ0v) is 14.8. The van der Waals surface area contributed by atoms with E-state index in [0.29, 0.717) is 5.56 Å². The highest BCUT2D eigenvalue weighted by molar-refractivity contribution is 5.96. The fraction of sp³-hybridized carbons (Fsp3) is 0.421. The predicted molar refractivity (Wildman–Crippen MR) is 92.8 cm³/mol. The number of pyridine rings is 1. The fourth-order valence-corrected chi connectivity index (χ4v) is 2.70. The largest absolute Gasteiger partial charge is 0.424 e. The van der Waals surface area contributed by atoms with Gasteiger partial charge in [-0.1, -0.05) is 37.6 Å². The Labute approximate surface area is 142 Å². The van der Waals surface area contributed by atoms with Crippen LogP contribution in [0.4, 0.5) is 0 Å². The van der Waals surface area contributed by atoms with Crippen molar-refractivity contribution in [3.8, 4) is 5.75 Å². The van der Waals surface area contributed by atoms with E-state index >= 15 is 0 Å². The highest BCUT2D eigenvalue weighted by Gasteiger charge is 2.27. The number of carbonyl (C=O) groups excluding carboxylic acids is 2. The van der Waals surface area contributed by atoms with Crippen LogP contribution in [0.3, 0.4) is 0 Å². The molecule has 2 rings (SSSR count). The number of carbonyl (C=O) groups is 2. The minimum Gasteiger partial charge on any atom is -0.424 e. The number of aromatic nitrogens is 1. The quantitative estimate of drug-likeness (QED) is 0.864. The van der Waals surface area contributed by atoms with Crippen molar-refractivity contribution in [2.45, 2.75) is 47.1 Å². The van der Waals surface area contributed by atoms with Gasteiger partial charge in [-0.05, 0) is 37.3 Å². The molecule has 1 aliphatic carbocycles. The van der Waals surface area contributed by atoms with Crippen molar-refractivity contribution in [2.24, 2.45) is 5.41 Å². The Hall–Kier alpha value is -2.43. The lowest BCUT2D eigenvalue weighted by atomic mass is 9.85. The number of amides is 1. The van der Waals surface area contributed by atoms with E-state index in [2.05, 4.69) is 30.2 Å². The van der Waals surface area contributed by atoms with E-state index < -0.39 is 5.97 Å². The van der Waals surface area contributed by atoms with Gasteiger partial charge in [0.05, 0.1) is 6.04 Å². The van der Waals surface area contributed by atoms with Crippen LogP contribution in [0.5, 0.6) is 5.75 Å². The van der Waals surface area contributed by atoms with Crippen LogP contribution in [0, 0.1) is 12.3 Å². The molecule has 0 aliphatic heterocycles. The molecule has 1 unspecified atom stereocenters. The second-order valence-electron chi connectivity index (χ2n) is 6.89. The van der Waals surface area contributed by atoms with Crippen LogP contribution in [0.2, 0.25) is 0 Å². The van der Waals surface area contributed by atoms with E-state index in [1.165, 1.54) is 6.92 Å². The van der Waals surface area contributed by atoms with E-state index in [4.69, 9.17) is 4.74 Å². The van der Waals surface area contributed by atoms with Gasteiger partial charge in [-0.3, -0.25) is 9.59 Å². The number of esters is 1. The van der Waals surface area contributed by atoms with Crippen LogP contribution >= 0.6 is 0 Å². The lowest BCUT2D eigenvalue weighted by molar-refractivity contribution is -0.131. The van der Waals surface area contributed by atoms with Gasteiger partial charge >= 0.3 is 5.97 Å². The summed E-state index contributed by atoms with van der Waals surface area (Å²) in [4.78, 5) is 28.2. The monoisotopic (exact) mass is 328 g/mol. The summed E-state index contributed by atoms with van der Waals surface area (Å²) in [6.07, 6.45) is 8.50. The molecule has 0 spiro atoms. The standard InChI is InChI=1S/C19H24N2O3/c1-12-7-6-9-19(4,5)11-15(12)21-18(23)16-17(24-14(3)22)13(2)8-10-20-16/h6-10,15H,11H2,1-5H3,(H,21,23). The Kier molecular flexibility index (Phi) is 5.22. The number of nitrogens with zero attached hydrogens (tertiary/aromatic N) is 1. The van der Waals surface area contributed by atoms with Gasteiger partial charge in [-0.25, -0.2) is 4.98 Å². The molecule has 0 fully saturated rings. The first-order valence-corrected chi connectivity index (χ1v) is 8.00. The molecule has 0 bridgehead atoms. The first-order valence-electron chi connectivity index (χ1n) is 8.00. The maximum Gasteiger partial charge on any atom is 0.308 e. The van der Waals surface area contributed by atoms with E-state index in [1.807, 2.05) is 19.1 Å². The summed E-state index contributed by atoms with van der Waals surface area (Å²) in [6, 6.07) is 1.61. The van der Waals surface area contributed by atoms with Crippen LogP contribution in [-0.2, 0) is 4.79 Å². The van der Waals surface area contributed by atoms with Crippen LogP contribution in [0.1, 0.15) is 50.2 Å². The zero-order valence-electron chi connectivity index (χ0n) is 14.8. The highest BCUT2D eigenvalue weighted by atomic mass is 16.5. The summed E-state index contributed by atoms with van der Waals surface area (Å²) in [5.74, 6) is -0.600. The first-order chi connectivity index (χ1) is 11.2. The molecule has 1 heterocycles. The molecule has 5 nitrogen and oxygen atoms in total. The SMILES string of the molecule is CC(=O)Oc1c(C)ccnc1C(=O)NC1CC(C)(C)C=CC=C1C. The van der Waals surface area contributed by atoms with Crippen LogP contribution in [-0.4, -0.2) is 22.9 Å². The van der Waals surface area contributed by atoms with Gasteiger partial charge in [0, 0.05) is 13.1 Å². The summed E-state index contributed by atoms with van der Waals surface area (Å²) in [5.41, 5.74) is 1.88. The van der Waals surface area contributed by atoms with E-state index in [1.54, 1.807) is 19.2 Å². The Bertz CT molecular complexity index is 717. The third-order valence-electron chi connectivity index (χ3n) is 4.05. The highest BCUT2D eigenvalue weighted by Crippen LogP contribution is 2.30. The number of ether oxygens (including phenoxy) is 1. The Morgan fingerprint density at radius 1 is 1.33 bits per heavy atom. The van der Waals surface area contributed by atoms with Gasteiger partial charge in [0.15, 0.2) is 11.4 Å². The molecule has 1 aromatic rings. The Morgan fingerprint density at radius 3 is 2.71 bits per heavy atom. The molecule has 1 N–H and O–H groups in total. The summed E-state index contributed by atoms with van der Waals surface area (Å²) < 4.78 is 5.19. The van der Waals surface area contributed by atoms with Crippen molar-refractivity contribution >= 4 is 11.9 Å². The normalized spacial score (nSPS) is 19.2. The van der Waals surface area contributed by atoms with Gasteiger partial charge in [0.25, 0.3) is 5.91 Å². The van der Waals surface area contributed by atoms with Crippen molar-refractivity contribution < 1.29 is 14.3 Å². The van der Waals surface area contributed by atoms with Gasteiger partial charge in [-0.2, -0.15) is 0 Å². The smallest absolute Gasteiger partial charge is 0.308 e. The molecule has 1 aliphatic rings. The number of allylic oxidation sites excluding steroid dienone is 3. The molecule has 5 heteroatoms. The van der Waals surface area contributed by atoms with E-state index in [-0.39, 0.29) is 28.8 Å². The summed E-state index contributed by atoms with van der Waals surface area (Å²) in [6.45, 7) is 9.34. The molecule has 128 valence electrons. The lowest BCUT2D eigenvalue weighted by Gasteiger charge is -2.27. The van der Waals surface area contributed by atoms with Crippen LogP contribution in [0.15, 0.2) is 36.1 Å². The number of aryl methyl sites for hydroxylation is 1. The van der Waals surface area contributed by atoms with E-state index in [9.17, 15) is 9.59 Å². The van der Waals surface area contributed by atoms with Crippen molar-refractivity contribution in [2.75, 3.05) is 0 Å². The van der Waals surface area contributed by atoms with E-state index in [0.717, 1.165) is 12.0 Å². The van der Waals surface area contributed by atoms with Crippen LogP contribution in [0.25, 0.3) is 0 Å². The number of rotatable bonds is 3. The maximum atomic E-state index is 12.7. The molecule has 1 atom stereocenters. The average molecular weight is 328 g/mol. The third-order valence-corrected chi connectivity index (χ3v) is 4.05. The minimum atomic E-state index is -0.476. The summed E-state index contributed by atoms with van der Waals surface area (Å²) in [5, 5.41) is 3.02. The molecule has 0 saturated heterocycles. The average Bonchev–Trinajstić information content (AvgIpc) is 2.59. The molecule has 0 aromatic carbocycles. The molecule has 1 amide bonds. The second kappa shape index (κ2) is 6.99. The third kappa shape index (κ3) is 4.31. The van der Waals surface area contributed by atoms with Gasteiger partial charge < -0.3 is 10.1 Å². The fourth-order valence-electron chi connectivity index (χ4n) is 2.70. The number of nitrogens with one attached hydrogen (secondary N) is 1. The first kappa shape index (κ1) is 17.9.